The molecule has 0 amide bonds. The van der Waals surface area contributed by atoms with Gasteiger partial charge in [-0.1, -0.05) is 72.8 Å². The first-order chi connectivity index (χ1) is 12.8. The number of aromatic amines is 1. The normalized spacial score (nSPS) is 11.6. The van der Waals surface area contributed by atoms with Gasteiger partial charge in [0.1, 0.15) is 0 Å². The third-order valence-corrected chi connectivity index (χ3v) is 4.84. The van der Waals surface area contributed by atoms with Crippen molar-refractivity contribution in [1.29, 1.82) is 0 Å². The lowest BCUT2D eigenvalue weighted by molar-refractivity contribution is 0.104. The number of imidazole rings is 1. The molecule has 1 N–H and O–H groups in total. The SMILES string of the molecule is O=C(C(=Cc1ccccc1)Sc1nc2ccccc2[nH]1)c1ccccc1. The number of fused-ring (bicyclic) bond motifs is 1. The van der Waals surface area contributed by atoms with E-state index in [0.717, 1.165) is 16.6 Å². The molecular formula is C22H16N2OS. The fraction of sp³-hybridized carbons (Fsp3) is 0. The Morgan fingerprint density at radius 3 is 2.23 bits per heavy atom. The summed E-state index contributed by atoms with van der Waals surface area (Å²) in [6.45, 7) is 0. The number of nitrogens with zero attached hydrogens (tertiary/aromatic N) is 1. The number of rotatable bonds is 5. The zero-order valence-electron chi connectivity index (χ0n) is 13.9. The summed E-state index contributed by atoms with van der Waals surface area (Å²) in [4.78, 5) is 21.5. The van der Waals surface area contributed by atoms with Crippen LogP contribution >= 0.6 is 11.8 Å². The van der Waals surface area contributed by atoms with Crippen molar-refractivity contribution in [1.82, 2.24) is 9.97 Å². The van der Waals surface area contributed by atoms with Crippen molar-refractivity contribution in [2.75, 3.05) is 0 Å². The van der Waals surface area contributed by atoms with Gasteiger partial charge in [-0.05, 0) is 35.5 Å². The molecule has 0 atom stereocenters. The van der Waals surface area contributed by atoms with Crippen molar-refractivity contribution < 1.29 is 4.79 Å². The molecule has 126 valence electrons. The van der Waals surface area contributed by atoms with Crippen LogP contribution in [0.5, 0.6) is 0 Å². The van der Waals surface area contributed by atoms with Gasteiger partial charge in [-0.25, -0.2) is 4.98 Å². The maximum absolute atomic E-state index is 13.0. The zero-order valence-corrected chi connectivity index (χ0v) is 14.7. The predicted molar refractivity (Wildman–Crippen MR) is 107 cm³/mol. The number of nitrogens with one attached hydrogen (secondary N) is 1. The van der Waals surface area contributed by atoms with Gasteiger partial charge >= 0.3 is 0 Å². The van der Waals surface area contributed by atoms with Gasteiger partial charge < -0.3 is 4.98 Å². The van der Waals surface area contributed by atoms with Crippen LogP contribution in [0, 0.1) is 0 Å². The minimum Gasteiger partial charge on any atom is -0.333 e. The van der Waals surface area contributed by atoms with E-state index < -0.39 is 0 Å². The Kier molecular flexibility index (Phi) is 4.67. The lowest BCUT2D eigenvalue weighted by Crippen LogP contribution is -2.01. The molecule has 3 nitrogen and oxygen atoms in total. The van der Waals surface area contributed by atoms with Gasteiger partial charge in [0.2, 0.25) is 0 Å². The highest BCUT2D eigenvalue weighted by atomic mass is 32.2. The Morgan fingerprint density at radius 2 is 1.50 bits per heavy atom. The molecule has 0 saturated heterocycles. The molecule has 0 radical (unpaired) electrons. The van der Waals surface area contributed by atoms with E-state index in [1.54, 1.807) is 0 Å². The number of hydrogen-bond acceptors (Lipinski definition) is 3. The van der Waals surface area contributed by atoms with E-state index in [9.17, 15) is 4.79 Å². The van der Waals surface area contributed by atoms with Gasteiger partial charge in [0.05, 0.1) is 15.9 Å². The van der Waals surface area contributed by atoms with Gasteiger partial charge in [-0.3, -0.25) is 4.79 Å². The summed E-state index contributed by atoms with van der Waals surface area (Å²) < 4.78 is 0. The largest absolute Gasteiger partial charge is 0.333 e. The van der Waals surface area contributed by atoms with E-state index in [1.165, 1.54) is 11.8 Å². The Bertz CT molecular complexity index is 1040. The number of allylic oxidation sites excluding steroid dienone is 1. The molecule has 0 spiro atoms. The lowest BCUT2D eigenvalue weighted by atomic mass is 10.1. The third kappa shape index (κ3) is 3.60. The standard InChI is InChI=1S/C22H16N2OS/c25-21(17-11-5-2-6-12-17)20(15-16-9-3-1-4-10-16)26-22-23-18-13-7-8-14-19(18)24-22/h1-15H,(H,23,24). The number of carbonyl (C=O) groups excluding carboxylic acids is 1. The Labute approximate surface area is 155 Å². The van der Waals surface area contributed by atoms with Crippen LogP contribution in [-0.4, -0.2) is 15.8 Å². The van der Waals surface area contributed by atoms with Crippen molar-refractivity contribution in [3.05, 3.63) is 101 Å². The predicted octanol–water partition coefficient (Wildman–Crippen LogP) is 5.58. The summed E-state index contributed by atoms with van der Waals surface area (Å²) in [5, 5.41) is 0.706. The zero-order chi connectivity index (χ0) is 17.8. The quantitative estimate of drug-likeness (QED) is 0.288. The molecule has 26 heavy (non-hydrogen) atoms. The minimum absolute atomic E-state index is 0.0140. The summed E-state index contributed by atoms with van der Waals surface area (Å²) in [6, 6.07) is 27.0. The van der Waals surface area contributed by atoms with E-state index in [1.807, 2.05) is 91.0 Å². The van der Waals surface area contributed by atoms with Crippen molar-refractivity contribution in [3.8, 4) is 0 Å². The highest BCUT2D eigenvalue weighted by Gasteiger charge is 2.16. The number of benzene rings is 3. The van der Waals surface area contributed by atoms with Crippen LogP contribution in [0.25, 0.3) is 17.1 Å². The number of para-hydroxylation sites is 2. The molecule has 3 aromatic carbocycles. The Morgan fingerprint density at radius 1 is 0.846 bits per heavy atom. The summed E-state index contributed by atoms with van der Waals surface area (Å²) in [7, 11) is 0. The van der Waals surface area contributed by atoms with Gasteiger partial charge in [-0.2, -0.15) is 0 Å². The Hall–Kier alpha value is -3.11. The molecule has 4 rings (SSSR count). The van der Waals surface area contributed by atoms with Crippen molar-refractivity contribution in [2.24, 2.45) is 0 Å². The Balaban J connectivity index is 1.72. The second kappa shape index (κ2) is 7.42. The van der Waals surface area contributed by atoms with Crippen molar-refractivity contribution in [3.63, 3.8) is 0 Å². The number of hydrogen-bond donors (Lipinski definition) is 1. The molecule has 0 bridgehead atoms. The van der Waals surface area contributed by atoms with Crippen LogP contribution in [0.3, 0.4) is 0 Å². The maximum Gasteiger partial charge on any atom is 0.199 e. The second-order valence-electron chi connectivity index (χ2n) is 5.78. The first kappa shape index (κ1) is 16.4. The molecule has 0 aliphatic rings. The number of ketones is 1. The molecule has 0 aliphatic carbocycles. The molecule has 0 aliphatic heterocycles. The summed E-state index contributed by atoms with van der Waals surface area (Å²) in [6.07, 6.45) is 1.91. The second-order valence-corrected chi connectivity index (χ2v) is 6.81. The van der Waals surface area contributed by atoms with Crippen LogP contribution in [0.15, 0.2) is 95.0 Å². The number of carbonyl (C=O) groups is 1. The van der Waals surface area contributed by atoms with E-state index in [2.05, 4.69) is 9.97 Å². The smallest absolute Gasteiger partial charge is 0.199 e. The molecular weight excluding hydrogens is 340 g/mol. The average molecular weight is 356 g/mol. The van der Waals surface area contributed by atoms with Crippen LogP contribution in [0.2, 0.25) is 0 Å². The highest BCUT2D eigenvalue weighted by Crippen LogP contribution is 2.30. The van der Waals surface area contributed by atoms with Crippen LogP contribution in [0.4, 0.5) is 0 Å². The summed E-state index contributed by atoms with van der Waals surface area (Å²) >= 11 is 1.36. The molecule has 4 heteroatoms. The van der Waals surface area contributed by atoms with E-state index in [4.69, 9.17) is 0 Å². The van der Waals surface area contributed by atoms with Gasteiger partial charge in [0.15, 0.2) is 10.9 Å². The molecule has 0 saturated carbocycles. The topological polar surface area (TPSA) is 45.8 Å². The fourth-order valence-corrected chi connectivity index (χ4v) is 3.57. The van der Waals surface area contributed by atoms with Crippen LogP contribution in [-0.2, 0) is 0 Å². The maximum atomic E-state index is 13.0. The molecule has 0 fully saturated rings. The number of aromatic nitrogens is 2. The molecule has 4 aromatic rings. The van der Waals surface area contributed by atoms with Gasteiger partial charge in [0.25, 0.3) is 0 Å². The number of Topliss-reactive ketones (excluding diaryl/α,β-unsaturated/α-hetero) is 1. The first-order valence-electron chi connectivity index (χ1n) is 8.29. The summed E-state index contributed by atoms with van der Waals surface area (Å²) in [5.74, 6) is -0.0140. The van der Waals surface area contributed by atoms with Crippen molar-refractivity contribution >= 4 is 34.7 Å². The van der Waals surface area contributed by atoms with Gasteiger partial charge in [0, 0.05) is 5.56 Å². The van der Waals surface area contributed by atoms with E-state index in [0.29, 0.717) is 15.6 Å². The minimum atomic E-state index is -0.0140. The van der Waals surface area contributed by atoms with Crippen molar-refractivity contribution in [2.45, 2.75) is 5.16 Å². The van der Waals surface area contributed by atoms with Crippen LogP contribution in [0.1, 0.15) is 15.9 Å². The molecule has 1 aromatic heterocycles. The number of thioether (sulfide) groups is 1. The van der Waals surface area contributed by atoms with E-state index in [-0.39, 0.29) is 5.78 Å². The first-order valence-corrected chi connectivity index (χ1v) is 9.10. The van der Waals surface area contributed by atoms with Gasteiger partial charge in [-0.15, -0.1) is 0 Å². The summed E-state index contributed by atoms with van der Waals surface area (Å²) in [5.41, 5.74) is 3.50. The van der Waals surface area contributed by atoms with Crippen LogP contribution < -0.4 is 0 Å². The monoisotopic (exact) mass is 356 g/mol. The fourth-order valence-electron chi connectivity index (χ4n) is 2.66. The average Bonchev–Trinajstić information content (AvgIpc) is 3.11. The highest BCUT2D eigenvalue weighted by molar-refractivity contribution is 8.04. The van der Waals surface area contributed by atoms with E-state index >= 15 is 0 Å². The number of H-pyrrole nitrogens is 1. The lowest BCUT2D eigenvalue weighted by Gasteiger charge is -2.05. The molecule has 1 heterocycles. The molecule has 0 unspecified atom stereocenters. The third-order valence-electron chi connectivity index (χ3n) is 3.93.